The third-order valence-corrected chi connectivity index (χ3v) is 5.16. The normalized spacial score (nSPS) is 17.5. The molecule has 1 fully saturated rings. The minimum Gasteiger partial charge on any atom is -0.381 e. The molecule has 1 heterocycles. The van der Waals surface area contributed by atoms with Gasteiger partial charge in [-0.3, -0.25) is 4.99 Å². The smallest absolute Gasteiger partial charge is 0.191 e. The van der Waals surface area contributed by atoms with Gasteiger partial charge >= 0.3 is 0 Å². The van der Waals surface area contributed by atoms with E-state index < -0.39 is 0 Å². The van der Waals surface area contributed by atoms with Gasteiger partial charge in [0.2, 0.25) is 0 Å². The summed E-state index contributed by atoms with van der Waals surface area (Å²) >= 11 is 1.85. The van der Waals surface area contributed by atoms with Crippen LogP contribution in [0, 0.1) is 5.92 Å². The highest BCUT2D eigenvalue weighted by molar-refractivity contribution is 7.99. The zero-order valence-corrected chi connectivity index (χ0v) is 15.4. The van der Waals surface area contributed by atoms with Crippen molar-refractivity contribution in [3.8, 4) is 0 Å². The third-order valence-electron chi connectivity index (χ3n) is 3.91. The summed E-state index contributed by atoms with van der Waals surface area (Å²) in [6.45, 7) is 9.69. The number of ether oxygens (including phenoxy) is 2. The number of hydrogen-bond acceptors (Lipinski definition) is 4. The SMILES string of the molecule is CN=C(NCCCOCC1CCOCC1)NCC(C)(C)SC. The Morgan fingerprint density at radius 1 is 1.32 bits per heavy atom. The zero-order valence-electron chi connectivity index (χ0n) is 14.6. The molecular formula is C16H33N3O2S. The van der Waals surface area contributed by atoms with E-state index in [4.69, 9.17) is 9.47 Å². The molecule has 1 aliphatic rings. The van der Waals surface area contributed by atoms with Crippen LogP contribution in [0.2, 0.25) is 0 Å². The van der Waals surface area contributed by atoms with Crippen LogP contribution in [-0.4, -0.2) is 63.5 Å². The van der Waals surface area contributed by atoms with Crippen LogP contribution in [0.25, 0.3) is 0 Å². The lowest BCUT2D eigenvalue weighted by atomic mass is 10.0. The van der Waals surface area contributed by atoms with E-state index in [9.17, 15) is 0 Å². The van der Waals surface area contributed by atoms with Crippen molar-refractivity contribution in [3.05, 3.63) is 0 Å². The van der Waals surface area contributed by atoms with Crippen LogP contribution in [0.15, 0.2) is 4.99 Å². The molecule has 2 N–H and O–H groups in total. The standard InChI is InChI=1S/C16H33N3O2S/c1-16(2,22-4)13-19-15(17-3)18-8-5-9-21-12-14-6-10-20-11-7-14/h14H,5-13H2,1-4H3,(H2,17,18,19). The Morgan fingerprint density at radius 3 is 2.68 bits per heavy atom. The predicted octanol–water partition coefficient (Wildman–Crippen LogP) is 2.13. The van der Waals surface area contributed by atoms with Gasteiger partial charge in [0.25, 0.3) is 0 Å². The second kappa shape index (κ2) is 11.1. The highest BCUT2D eigenvalue weighted by Crippen LogP contribution is 2.19. The number of rotatable bonds is 9. The fourth-order valence-corrected chi connectivity index (χ4v) is 2.35. The van der Waals surface area contributed by atoms with Crippen LogP contribution in [0.4, 0.5) is 0 Å². The first kappa shape index (κ1) is 19.6. The fraction of sp³-hybridized carbons (Fsp3) is 0.938. The average molecular weight is 332 g/mol. The summed E-state index contributed by atoms with van der Waals surface area (Å²) in [6, 6.07) is 0. The molecule has 1 aliphatic heterocycles. The first-order valence-corrected chi connectivity index (χ1v) is 9.45. The molecule has 0 bridgehead atoms. The first-order valence-electron chi connectivity index (χ1n) is 8.22. The molecule has 6 heteroatoms. The zero-order chi connectivity index (χ0) is 16.3. The van der Waals surface area contributed by atoms with Gasteiger partial charge in [-0.05, 0) is 45.3 Å². The van der Waals surface area contributed by atoms with Gasteiger partial charge < -0.3 is 20.1 Å². The van der Waals surface area contributed by atoms with Crippen molar-refractivity contribution in [2.75, 3.05) is 52.8 Å². The van der Waals surface area contributed by atoms with Crippen LogP contribution in [0.5, 0.6) is 0 Å². The average Bonchev–Trinajstić information content (AvgIpc) is 2.54. The van der Waals surface area contributed by atoms with E-state index in [1.807, 2.05) is 18.8 Å². The quantitative estimate of drug-likeness (QED) is 0.385. The second-order valence-corrected chi connectivity index (χ2v) is 7.81. The van der Waals surface area contributed by atoms with Crippen LogP contribution in [0.3, 0.4) is 0 Å². The molecule has 0 radical (unpaired) electrons. The maximum absolute atomic E-state index is 5.76. The molecule has 0 aromatic heterocycles. The number of hydrogen-bond donors (Lipinski definition) is 2. The number of aliphatic imine (C=N–C) groups is 1. The summed E-state index contributed by atoms with van der Waals surface area (Å²) in [5.74, 6) is 1.55. The lowest BCUT2D eigenvalue weighted by Crippen LogP contribution is -2.43. The van der Waals surface area contributed by atoms with Crippen molar-refractivity contribution in [1.29, 1.82) is 0 Å². The Bertz CT molecular complexity index is 319. The minimum atomic E-state index is 0.213. The summed E-state index contributed by atoms with van der Waals surface area (Å²) in [5.41, 5.74) is 0. The molecule has 0 amide bonds. The van der Waals surface area contributed by atoms with E-state index in [1.54, 1.807) is 0 Å². The Kier molecular flexibility index (Phi) is 9.91. The number of guanidine groups is 1. The van der Waals surface area contributed by atoms with E-state index in [-0.39, 0.29) is 4.75 Å². The van der Waals surface area contributed by atoms with Gasteiger partial charge in [-0.1, -0.05) is 0 Å². The van der Waals surface area contributed by atoms with Crippen molar-refractivity contribution in [3.63, 3.8) is 0 Å². The van der Waals surface area contributed by atoms with Gasteiger partial charge in [-0.2, -0.15) is 11.8 Å². The molecule has 22 heavy (non-hydrogen) atoms. The number of nitrogens with zero attached hydrogens (tertiary/aromatic N) is 1. The van der Waals surface area contributed by atoms with E-state index in [2.05, 4.69) is 35.7 Å². The number of thioether (sulfide) groups is 1. The van der Waals surface area contributed by atoms with E-state index in [0.717, 1.165) is 64.7 Å². The highest BCUT2D eigenvalue weighted by Gasteiger charge is 2.16. The molecule has 0 aliphatic carbocycles. The summed E-state index contributed by atoms with van der Waals surface area (Å²) in [6.07, 6.45) is 5.41. The minimum absolute atomic E-state index is 0.213. The molecule has 0 atom stereocenters. The summed E-state index contributed by atoms with van der Waals surface area (Å²) in [7, 11) is 1.81. The summed E-state index contributed by atoms with van der Waals surface area (Å²) in [5, 5.41) is 6.70. The van der Waals surface area contributed by atoms with Crippen molar-refractivity contribution >= 4 is 17.7 Å². The maximum Gasteiger partial charge on any atom is 0.191 e. The Morgan fingerprint density at radius 2 is 2.05 bits per heavy atom. The molecule has 1 rings (SSSR count). The fourth-order valence-electron chi connectivity index (χ4n) is 2.13. The van der Waals surface area contributed by atoms with Crippen LogP contribution >= 0.6 is 11.8 Å². The van der Waals surface area contributed by atoms with E-state index in [0.29, 0.717) is 5.92 Å². The van der Waals surface area contributed by atoms with E-state index in [1.165, 1.54) is 0 Å². The van der Waals surface area contributed by atoms with Crippen molar-refractivity contribution in [1.82, 2.24) is 10.6 Å². The summed E-state index contributed by atoms with van der Waals surface area (Å²) in [4.78, 5) is 4.25. The Labute approximate surface area is 140 Å². The van der Waals surface area contributed by atoms with Gasteiger partial charge in [0.05, 0.1) is 0 Å². The Hall–Kier alpha value is -0.460. The molecule has 130 valence electrons. The summed E-state index contributed by atoms with van der Waals surface area (Å²) < 4.78 is 11.3. The lowest BCUT2D eigenvalue weighted by Gasteiger charge is -2.24. The number of nitrogens with one attached hydrogen (secondary N) is 2. The van der Waals surface area contributed by atoms with Gasteiger partial charge in [0.1, 0.15) is 0 Å². The maximum atomic E-state index is 5.76. The van der Waals surface area contributed by atoms with Gasteiger partial charge in [-0.25, -0.2) is 0 Å². The van der Waals surface area contributed by atoms with Crippen molar-refractivity contribution in [2.24, 2.45) is 10.9 Å². The van der Waals surface area contributed by atoms with Crippen LogP contribution in [0.1, 0.15) is 33.1 Å². The monoisotopic (exact) mass is 331 g/mol. The molecule has 0 saturated carbocycles. The van der Waals surface area contributed by atoms with Crippen LogP contribution < -0.4 is 10.6 Å². The lowest BCUT2D eigenvalue weighted by molar-refractivity contribution is 0.0203. The molecular weight excluding hydrogens is 298 g/mol. The topological polar surface area (TPSA) is 54.9 Å². The molecule has 0 spiro atoms. The van der Waals surface area contributed by atoms with Crippen LogP contribution in [-0.2, 0) is 9.47 Å². The second-order valence-electron chi connectivity index (χ2n) is 6.30. The van der Waals surface area contributed by atoms with Gasteiger partial charge in [0.15, 0.2) is 5.96 Å². The molecule has 0 unspecified atom stereocenters. The van der Waals surface area contributed by atoms with E-state index >= 15 is 0 Å². The molecule has 1 saturated heterocycles. The largest absolute Gasteiger partial charge is 0.381 e. The molecule has 0 aromatic carbocycles. The van der Waals surface area contributed by atoms with Crippen molar-refractivity contribution < 1.29 is 9.47 Å². The predicted molar refractivity (Wildman–Crippen MR) is 95.9 cm³/mol. The molecule has 0 aromatic rings. The highest BCUT2D eigenvalue weighted by atomic mass is 32.2. The molecule has 5 nitrogen and oxygen atoms in total. The Balaban J connectivity index is 2.02. The van der Waals surface area contributed by atoms with Crippen molar-refractivity contribution in [2.45, 2.75) is 37.9 Å². The first-order chi connectivity index (χ1) is 10.6. The third kappa shape index (κ3) is 8.86. The van der Waals surface area contributed by atoms with Gasteiger partial charge in [-0.15, -0.1) is 0 Å². The van der Waals surface area contributed by atoms with Gasteiger partial charge in [0, 0.05) is 51.3 Å².